The van der Waals surface area contributed by atoms with Crippen LogP contribution in [0.15, 0.2) is 29.3 Å². The number of carbonyl (C=O) groups is 2. The Bertz CT molecular complexity index is 674. The van der Waals surface area contributed by atoms with Gasteiger partial charge in [0.1, 0.15) is 0 Å². The van der Waals surface area contributed by atoms with Crippen molar-refractivity contribution in [2.75, 3.05) is 5.75 Å². The maximum absolute atomic E-state index is 12.3. The van der Waals surface area contributed by atoms with Gasteiger partial charge in [0.05, 0.1) is 11.6 Å². The van der Waals surface area contributed by atoms with Crippen LogP contribution in [0.3, 0.4) is 0 Å². The van der Waals surface area contributed by atoms with Crippen molar-refractivity contribution >= 4 is 28.6 Å². The summed E-state index contributed by atoms with van der Waals surface area (Å²) in [6, 6.07) is 7.66. The number of benzene rings is 1. The van der Waals surface area contributed by atoms with E-state index in [9.17, 15) is 9.59 Å². The number of nitrogens with two attached hydrogens (primary N) is 1. The lowest BCUT2D eigenvalue weighted by Crippen LogP contribution is -2.34. The van der Waals surface area contributed by atoms with E-state index in [-0.39, 0.29) is 23.3 Å². The van der Waals surface area contributed by atoms with E-state index in [2.05, 4.69) is 17.2 Å². The molecule has 0 aliphatic carbocycles. The number of hydrogen-bond acceptors (Lipinski definition) is 5. The average Bonchev–Trinajstić information content (AvgIpc) is 2.94. The van der Waals surface area contributed by atoms with Gasteiger partial charge in [-0.15, -0.1) is 0 Å². The molecule has 1 fully saturated rings. The Morgan fingerprint density at radius 1 is 1.52 bits per heavy atom. The second kappa shape index (κ2) is 6.35. The first-order chi connectivity index (χ1) is 11.0. The zero-order chi connectivity index (χ0) is 16.4. The summed E-state index contributed by atoms with van der Waals surface area (Å²) in [6.07, 6.45) is 2.31. The smallest absolute Gasteiger partial charge is 0.220 e. The molecule has 6 heteroatoms. The molecule has 2 aliphatic heterocycles. The highest BCUT2D eigenvalue weighted by Crippen LogP contribution is 2.35. The third-order valence-electron chi connectivity index (χ3n) is 4.51. The number of amides is 1. The van der Waals surface area contributed by atoms with E-state index in [1.54, 1.807) is 11.8 Å². The summed E-state index contributed by atoms with van der Waals surface area (Å²) in [5.74, 6) is 0.984. The van der Waals surface area contributed by atoms with Crippen molar-refractivity contribution < 1.29 is 9.59 Å². The molecular formula is C17H21N3O2S. The summed E-state index contributed by atoms with van der Waals surface area (Å²) in [5.41, 5.74) is 7.60. The van der Waals surface area contributed by atoms with Crippen LogP contribution in [0.2, 0.25) is 0 Å². The van der Waals surface area contributed by atoms with Crippen LogP contribution in [0, 0.1) is 0 Å². The molecule has 1 aromatic carbocycles. The van der Waals surface area contributed by atoms with Gasteiger partial charge in [0.15, 0.2) is 11.0 Å². The summed E-state index contributed by atoms with van der Waals surface area (Å²) in [5, 5.41) is 3.35. The first-order valence-electron chi connectivity index (χ1n) is 7.86. The van der Waals surface area contributed by atoms with Crippen LogP contribution in [-0.2, 0) is 21.5 Å². The van der Waals surface area contributed by atoms with Crippen molar-refractivity contribution in [3.05, 3.63) is 35.4 Å². The predicted molar refractivity (Wildman–Crippen MR) is 92.4 cm³/mol. The minimum Gasteiger partial charge on any atom is -0.379 e. The van der Waals surface area contributed by atoms with Crippen molar-refractivity contribution in [2.45, 2.75) is 44.2 Å². The fraction of sp³-hybridized carbons (Fsp3) is 0.471. The zero-order valence-corrected chi connectivity index (χ0v) is 14.0. The first kappa shape index (κ1) is 16.1. The molecule has 1 amide bonds. The average molecular weight is 331 g/mol. The standard InChI is InChI=1S/C17H21N3O2S/c1-17(7-8-23-16(18)20-17)12-4-2-3-11(9-12)10-14(21)13-5-6-15(22)19-13/h2-4,9,13H,5-8,10H2,1H3,(H2,18,20)(H,19,22)/t13-,17+/m1/s1. The van der Waals surface area contributed by atoms with Gasteiger partial charge in [0.2, 0.25) is 5.91 Å². The summed E-state index contributed by atoms with van der Waals surface area (Å²) < 4.78 is 0. The summed E-state index contributed by atoms with van der Waals surface area (Å²) in [4.78, 5) is 28.2. The fourth-order valence-electron chi connectivity index (χ4n) is 3.09. The molecular weight excluding hydrogens is 310 g/mol. The van der Waals surface area contributed by atoms with Crippen LogP contribution in [0.4, 0.5) is 0 Å². The number of ketones is 1. The van der Waals surface area contributed by atoms with Crippen LogP contribution in [0.1, 0.15) is 37.3 Å². The Hall–Kier alpha value is -1.82. The van der Waals surface area contributed by atoms with Crippen LogP contribution in [0.5, 0.6) is 0 Å². The molecule has 1 saturated heterocycles. The van der Waals surface area contributed by atoms with Gasteiger partial charge in [-0.2, -0.15) is 0 Å². The van der Waals surface area contributed by atoms with Crippen molar-refractivity contribution in [3.63, 3.8) is 0 Å². The highest BCUT2D eigenvalue weighted by molar-refractivity contribution is 8.13. The van der Waals surface area contributed by atoms with Crippen LogP contribution >= 0.6 is 11.8 Å². The molecule has 0 unspecified atom stereocenters. The lowest BCUT2D eigenvalue weighted by atomic mass is 9.88. The molecule has 3 N–H and O–H groups in total. The predicted octanol–water partition coefficient (Wildman–Crippen LogP) is 1.74. The normalized spacial score (nSPS) is 27.4. The van der Waals surface area contributed by atoms with Gasteiger partial charge in [-0.3, -0.25) is 14.6 Å². The van der Waals surface area contributed by atoms with Crippen LogP contribution in [0.25, 0.3) is 0 Å². The first-order valence-corrected chi connectivity index (χ1v) is 8.84. The Morgan fingerprint density at radius 3 is 3.04 bits per heavy atom. The molecule has 0 spiro atoms. The fourth-order valence-corrected chi connectivity index (χ4v) is 4.07. The number of Topliss-reactive ketones (excluding diaryl/α,β-unsaturated/α-hetero) is 1. The van der Waals surface area contributed by atoms with Crippen LogP contribution in [-0.4, -0.2) is 28.7 Å². The largest absolute Gasteiger partial charge is 0.379 e. The van der Waals surface area contributed by atoms with E-state index in [0.29, 0.717) is 24.4 Å². The number of thioether (sulfide) groups is 1. The van der Waals surface area contributed by atoms with Crippen molar-refractivity contribution in [3.8, 4) is 0 Å². The van der Waals surface area contributed by atoms with E-state index in [1.165, 1.54) is 0 Å². The summed E-state index contributed by atoms with van der Waals surface area (Å²) >= 11 is 1.58. The topological polar surface area (TPSA) is 84.5 Å². The van der Waals surface area contributed by atoms with Gasteiger partial charge < -0.3 is 11.1 Å². The van der Waals surface area contributed by atoms with E-state index in [0.717, 1.165) is 23.3 Å². The molecule has 122 valence electrons. The Balaban J connectivity index is 1.76. The summed E-state index contributed by atoms with van der Waals surface area (Å²) in [6.45, 7) is 2.08. The second-order valence-corrected chi connectivity index (χ2v) is 7.44. The zero-order valence-electron chi connectivity index (χ0n) is 13.2. The van der Waals surface area contributed by atoms with E-state index in [1.807, 2.05) is 24.3 Å². The van der Waals surface area contributed by atoms with Crippen LogP contribution < -0.4 is 11.1 Å². The second-order valence-electron chi connectivity index (χ2n) is 6.32. The molecule has 0 radical (unpaired) electrons. The number of aliphatic imine (C=N–C) groups is 1. The number of carbonyl (C=O) groups excluding carboxylic acids is 2. The van der Waals surface area contributed by atoms with Gasteiger partial charge in [-0.1, -0.05) is 36.0 Å². The molecule has 0 bridgehead atoms. The third kappa shape index (κ3) is 3.58. The minimum atomic E-state index is -0.332. The molecule has 2 heterocycles. The highest BCUT2D eigenvalue weighted by atomic mass is 32.2. The Morgan fingerprint density at radius 2 is 2.35 bits per heavy atom. The molecule has 2 aliphatic rings. The van der Waals surface area contributed by atoms with E-state index in [4.69, 9.17) is 5.73 Å². The molecule has 5 nitrogen and oxygen atoms in total. The number of rotatable bonds is 4. The quantitative estimate of drug-likeness (QED) is 0.880. The number of nitrogens with one attached hydrogen (secondary N) is 1. The molecule has 23 heavy (non-hydrogen) atoms. The van der Waals surface area contributed by atoms with E-state index >= 15 is 0 Å². The van der Waals surface area contributed by atoms with Crippen molar-refractivity contribution in [1.82, 2.24) is 5.32 Å². The molecule has 3 rings (SSSR count). The van der Waals surface area contributed by atoms with Gasteiger partial charge in [0.25, 0.3) is 0 Å². The SMILES string of the molecule is C[C@@]1(c2cccc(CC(=O)[C@H]3CCC(=O)N3)c2)CCSC(N)=N1. The molecule has 0 saturated carbocycles. The highest BCUT2D eigenvalue weighted by Gasteiger charge is 2.30. The number of hydrogen-bond donors (Lipinski definition) is 2. The van der Waals surface area contributed by atoms with Crippen molar-refractivity contribution in [1.29, 1.82) is 0 Å². The number of amidine groups is 1. The molecule has 1 aromatic rings. The van der Waals surface area contributed by atoms with Gasteiger partial charge in [0, 0.05) is 18.6 Å². The lowest BCUT2D eigenvalue weighted by Gasteiger charge is -2.30. The lowest BCUT2D eigenvalue weighted by molar-refractivity contribution is -0.124. The van der Waals surface area contributed by atoms with Gasteiger partial charge >= 0.3 is 0 Å². The molecule has 2 atom stereocenters. The Kier molecular flexibility index (Phi) is 4.43. The van der Waals surface area contributed by atoms with Crippen molar-refractivity contribution in [2.24, 2.45) is 10.7 Å². The van der Waals surface area contributed by atoms with Gasteiger partial charge in [-0.25, -0.2) is 0 Å². The third-order valence-corrected chi connectivity index (χ3v) is 5.30. The number of nitrogens with zero attached hydrogens (tertiary/aromatic N) is 1. The monoisotopic (exact) mass is 331 g/mol. The summed E-state index contributed by atoms with van der Waals surface area (Å²) in [7, 11) is 0. The van der Waals surface area contributed by atoms with Gasteiger partial charge in [-0.05, 0) is 30.9 Å². The molecule has 0 aromatic heterocycles. The Labute approximate surface area is 140 Å². The minimum absolute atomic E-state index is 0.0332. The maximum Gasteiger partial charge on any atom is 0.220 e. The van der Waals surface area contributed by atoms with E-state index < -0.39 is 0 Å². The maximum atomic E-state index is 12.3.